The highest BCUT2D eigenvalue weighted by atomic mass is 15.3. The van der Waals surface area contributed by atoms with Crippen LogP contribution < -0.4 is 10.2 Å². The topological polar surface area (TPSA) is 53.9 Å². The summed E-state index contributed by atoms with van der Waals surface area (Å²) in [6.45, 7) is 3.82. The Morgan fingerprint density at radius 2 is 1.58 bits per heavy atom. The first-order valence-electron chi connectivity index (χ1n) is 8.21. The monoisotopic (exact) mass is 317 g/mol. The number of anilines is 1. The average molecular weight is 317 g/mol. The van der Waals surface area contributed by atoms with Gasteiger partial charge in [0.05, 0.1) is 5.69 Å². The number of hydrogen-bond donors (Lipinski definition) is 1. The standard InChI is InChI=1S/C19H19N5/c1-2-4-16(5-3-1)18-14-17(15-6-8-20-9-7-15)19(23-22-18)24-12-10-21-11-13-24/h1-9,14,21H,10-13H2. The van der Waals surface area contributed by atoms with E-state index in [0.29, 0.717) is 0 Å². The van der Waals surface area contributed by atoms with Crippen LogP contribution in [-0.2, 0) is 0 Å². The summed E-state index contributed by atoms with van der Waals surface area (Å²) in [4.78, 5) is 6.43. The van der Waals surface area contributed by atoms with Crippen LogP contribution in [0.2, 0.25) is 0 Å². The minimum Gasteiger partial charge on any atom is -0.352 e. The van der Waals surface area contributed by atoms with Gasteiger partial charge in [0, 0.05) is 49.7 Å². The van der Waals surface area contributed by atoms with Gasteiger partial charge in [0.1, 0.15) is 0 Å². The molecule has 5 nitrogen and oxygen atoms in total. The molecule has 0 saturated carbocycles. The fourth-order valence-corrected chi connectivity index (χ4v) is 2.99. The lowest BCUT2D eigenvalue weighted by molar-refractivity contribution is 0.583. The van der Waals surface area contributed by atoms with E-state index in [-0.39, 0.29) is 0 Å². The van der Waals surface area contributed by atoms with E-state index in [1.54, 1.807) is 0 Å². The minimum atomic E-state index is 0.890. The zero-order chi connectivity index (χ0) is 16.2. The zero-order valence-electron chi connectivity index (χ0n) is 13.4. The summed E-state index contributed by atoms with van der Waals surface area (Å²) in [7, 11) is 0. The van der Waals surface area contributed by atoms with Crippen molar-refractivity contribution >= 4 is 5.82 Å². The molecule has 24 heavy (non-hydrogen) atoms. The summed E-state index contributed by atoms with van der Waals surface area (Å²) < 4.78 is 0. The Kier molecular flexibility index (Phi) is 4.16. The minimum absolute atomic E-state index is 0.890. The van der Waals surface area contributed by atoms with Crippen molar-refractivity contribution in [1.82, 2.24) is 20.5 Å². The van der Waals surface area contributed by atoms with E-state index in [4.69, 9.17) is 0 Å². The SMILES string of the molecule is c1ccc(-c2cc(-c3ccncc3)c(N3CCNCC3)nn2)cc1. The summed E-state index contributed by atoms with van der Waals surface area (Å²) >= 11 is 0. The Morgan fingerprint density at radius 1 is 0.833 bits per heavy atom. The second-order valence-corrected chi connectivity index (χ2v) is 5.81. The number of nitrogens with one attached hydrogen (secondary N) is 1. The molecule has 1 fully saturated rings. The number of piperazine rings is 1. The van der Waals surface area contributed by atoms with Crippen LogP contribution >= 0.6 is 0 Å². The maximum Gasteiger partial charge on any atom is 0.159 e. The predicted molar refractivity (Wildman–Crippen MR) is 95.8 cm³/mol. The number of nitrogens with zero attached hydrogens (tertiary/aromatic N) is 4. The molecule has 5 heteroatoms. The Balaban J connectivity index is 1.82. The molecule has 1 aliphatic heterocycles. The molecular weight excluding hydrogens is 298 g/mol. The van der Waals surface area contributed by atoms with Gasteiger partial charge in [-0.3, -0.25) is 4.98 Å². The first-order chi connectivity index (χ1) is 11.9. The summed E-state index contributed by atoms with van der Waals surface area (Å²) in [6.07, 6.45) is 3.64. The first-order valence-corrected chi connectivity index (χ1v) is 8.21. The first kappa shape index (κ1) is 14.8. The molecule has 0 aliphatic carbocycles. The van der Waals surface area contributed by atoms with Gasteiger partial charge in [-0.05, 0) is 23.8 Å². The van der Waals surface area contributed by atoms with Crippen LogP contribution in [0.4, 0.5) is 5.82 Å². The van der Waals surface area contributed by atoms with Crippen molar-refractivity contribution in [3.05, 3.63) is 60.9 Å². The molecule has 0 atom stereocenters. The van der Waals surface area contributed by atoms with Gasteiger partial charge in [0.2, 0.25) is 0 Å². The molecule has 2 aromatic heterocycles. The lowest BCUT2D eigenvalue weighted by atomic mass is 10.0. The van der Waals surface area contributed by atoms with Gasteiger partial charge >= 0.3 is 0 Å². The molecule has 1 N–H and O–H groups in total. The largest absolute Gasteiger partial charge is 0.352 e. The third-order valence-corrected chi connectivity index (χ3v) is 4.25. The lowest BCUT2D eigenvalue weighted by Crippen LogP contribution is -2.44. The highest BCUT2D eigenvalue weighted by Crippen LogP contribution is 2.31. The van der Waals surface area contributed by atoms with Gasteiger partial charge < -0.3 is 10.2 Å². The molecule has 0 bridgehead atoms. The van der Waals surface area contributed by atoms with Crippen LogP contribution in [-0.4, -0.2) is 41.4 Å². The number of pyridine rings is 1. The van der Waals surface area contributed by atoms with Crippen molar-refractivity contribution in [3.8, 4) is 22.4 Å². The molecule has 4 rings (SSSR count). The van der Waals surface area contributed by atoms with Crippen molar-refractivity contribution in [2.75, 3.05) is 31.1 Å². The molecule has 0 unspecified atom stereocenters. The zero-order valence-corrected chi connectivity index (χ0v) is 13.4. The third-order valence-electron chi connectivity index (χ3n) is 4.25. The number of rotatable bonds is 3. The van der Waals surface area contributed by atoms with Crippen molar-refractivity contribution in [2.24, 2.45) is 0 Å². The average Bonchev–Trinajstić information content (AvgIpc) is 2.69. The fraction of sp³-hybridized carbons (Fsp3) is 0.211. The quantitative estimate of drug-likeness (QED) is 0.805. The van der Waals surface area contributed by atoms with E-state index in [9.17, 15) is 0 Å². The Hall–Kier alpha value is -2.79. The molecule has 120 valence electrons. The van der Waals surface area contributed by atoms with E-state index >= 15 is 0 Å². The van der Waals surface area contributed by atoms with E-state index in [1.165, 1.54) is 0 Å². The van der Waals surface area contributed by atoms with Gasteiger partial charge in [-0.1, -0.05) is 30.3 Å². The van der Waals surface area contributed by atoms with Gasteiger partial charge in [0.25, 0.3) is 0 Å². The Morgan fingerprint density at radius 3 is 2.33 bits per heavy atom. The third kappa shape index (κ3) is 2.98. The van der Waals surface area contributed by atoms with Crippen molar-refractivity contribution in [3.63, 3.8) is 0 Å². The summed E-state index contributed by atoms with van der Waals surface area (Å²) in [5.41, 5.74) is 4.19. The van der Waals surface area contributed by atoms with Gasteiger partial charge in [0.15, 0.2) is 5.82 Å². The maximum atomic E-state index is 4.58. The van der Waals surface area contributed by atoms with Crippen LogP contribution in [0.5, 0.6) is 0 Å². The highest BCUT2D eigenvalue weighted by molar-refractivity contribution is 5.79. The normalized spacial score (nSPS) is 14.6. The smallest absolute Gasteiger partial charge is 0.159 e. The van der Waals surface area contributed by atoms with Crippen LogP contribution in [0.3, 0.4) is 0 Å². The molecule has 3 aromatic rings. The number of benzene rings is 1. The molecule has 1 aliphatic rings. The summed E-state index contributed by atoms with van der Waals surface area (Å²) in [5, 5.41) is 12.4. The lowest BCUT2D eigenvalue weighted by Gasteiger charge is -2.29. The Labute approximate surface area is 141 Å². The summed E-state index contributed by atoms with van der Waals surface area (Å²) in [5.74, 6) is 0.947. The van der Waals surface area contributed by atoms with E-state index in [2.05, 4.69) is 43.6 Å². The predicted octanol–water partition coefficient (Wildman–Crippen LogP) is 2.62. The molecule has 3 heterocycles. The number of hydrogen-bond acceptors (Lipinski definition) is 5. The van der Waals surface area contributed by atoms with Gasteiger partial charge in [-0.15, -0.1) is 10.2 Å². The van der Waals surface area contributed by atoms with Crippen molar-refractivity contribution in [2.45, 2.75) is 0 Å². The van der Waals surface area contributed by atoms with Crippen LogP contribution in [0.25, 0.3) is 22.4 Å². The molecule has 1 aromatic carbocycles. The van der Waals surface area contributed by atoms with Crippen LogP contribution in [0.15, 0.2) is 60.9 Å². The second-order valence-electron chi connectivity index (χ2n) is 5.81. The maximum absolute atomic E-state index is 4.58. The Bertz CT molecular complexity index is 799. The fourth-order valence-electron chi connectivity index (χ4n) is 2.99. The van der Waals surface area contributed by atoms with Gasteiger partial charge in [-0.2, -0.15) is 0 Å². The molecule has 0 radical (unpaired) electrons. The molecule has 0 amide bonds. The van der Waals surface area contributed by atoms with E-state index < -0.39 is 0 Å². The van der Waals surface area contributed by atoms with Crippen LogP contribution in [0, 0.1) is 0 Å². The summed E-state index contributed by atoms with van der Waals surface area (Å²) in [6, 6.07) is 16.4. The second kappa shape index (κ2) is 6.76. The molecule has 1 saturated heterocycles. The number of aromatic nitrogens is 3. The van der Waals surface area contributed by atoms with Crippen molar-refractivity contribution < 1.29 is 0 Å². The molecule has 0 spiro atoms. The van der Waals surface area contributed by atoms with Gasteiger partial charge in [-0.25, -0.2) is 0 Å². The van der Waals surface area contributed by atoms with E-state index in [0.717, 1.165) is 54.4 Å². The highest BCUT2D eigenvalue weighted by Gasteiger charge is 2.18. The van der Waals surface area contributed by atoms with Crippen LogP contribution in [0.1, 0.15) is 0 Å². The van der Waals surface area contributed by atoms with E-state index in [1.807, 2.05) is 42.7 Å². The molecular formula is C19H19N5. The van der Waals surface area contributed by atoms with Crippen molar-refractivity contribution in [1.29, 1.82) is 0 Å².